The van der Waals surface area contributed by atoms with Gasteiger partial charge in [0.25, 0.3) is 0 Å². The molecule has 102 valence electrons. The third-order valence-electron chi connectivity index (χ3n) is 4.33. The molecule has 0 aromatic rings. The van der Waals surface area contributed by atoms with E-state index in [1.807, 2.05) is 11.8 Å². The molecule has 1 aliphatic heterocycles. The monoisotopic (exact) mass is 252 g/mol. The molecule has 0 bridgehead atoms. The van der Waals surface area contributed by atoms with E-state index in [1.54, 1.807) is 6.92 Å². The molecule has 1 aliphatic carbocycles. The Balaban J connectivity index is 1.96. The van der Waals surface area contributed by atoms with Crippen LogP contribution in [0.2, 0.25) is 0 Å². The average Bonchev–Trinajstić information content (AvgIpc) is 2.85. The number of rotatable bonds is 4. The number of hydrogen-bond acceptors (Lipinski definition) is 2. The minimum absolute atomic E-state index is 0.0102. The van der Waals surface area contributed by atoms with Crippen LogP contribution in [0.1, 0.15) is 52.4 Å². The zero-order valence-electron chi connectivity index (χ0n) is 11.4. The summed E-state index contributed by atoms with van der Waals surface area (Å²) in [6.45, 7) is 4.49. The van der Waals surface area contributed by atoms with Crippen LogP contribution in [0.15, 0.2) is 0 Å². The van der Waals surface area contributed by atoms with Crippen LogP contribution in [0.3, 0.4) is 0 Å². The van der Waals surface area contributed by atoms with E-state index in [2.05, 4.69) is 5.32 Å². The normalized spacial score (nSPS) is 29.8. The van der Waals surface area contributed by atoms with E-state index < -0.39 is 0 Å². The molecule has 1 N–H and O–H groups in total. The number of nitrogens with zero attached hydrogens (tertiary/aromatic N) is 1. The SMILES string of the molecule is CCC1C(=O)NC(C)C(=O)N1CCC1CCCC1. The summed E-state index contributed by atoms with van der Waals surface area (Å²) < 4.78 is 0. The number of hydrogen-bond donors (Lipinski definition) is 1. The second kappa shape index (κ2) is 5.72. The fourth-order valence-electron chi connectivity index (χ4n) is 3.21. The van der Waals surface area contributed by atoms with Crippen LogP contribution in [-0.4, -0.2) is 35.3 Å². The predicted octanol–water partition coefficient (Wildman–Crippen LogP) is 1.69. The highest BCUT2D eigenvalue weighted by molar-refractivity contribution is 5.96. The molecule has 1 saturated heterocycles. The number of carbonyl (C=O) groups is 2. The Hall–Kier alpha value is -1.06. The fourth-order valence-corrected chi connectivity index (χ4v) is 3.21. The summed E-state index contributed by atoms with van der Waals surface area (Å²) in [6.07, 6.45) is 7.00. The topological polar surface area (TPSA) is 49.4 Å². The van der Waals surface area contributed by atoms with Crippen molar-refractivity contribution < 1.29 is 9.59 Å². The second-order valence-corrected chi connectivity index (χ2v) is 5.63. The number of amides is 2. The van der Waals surface area contributed by atoms with Crippen molar-refractivity contribution in [1.29, 1.82) is 0 Å². The van der Waals surface area contributed by atoms with Crippen molar-refractivity contribution in [3.8, 4) is 0 Å². The van der Waals surface area contributed by atoms with Crippen LogP contribution in [-0.2, 0) is 9.59 Å². The lowest BCUT2D eigenvalue weighted by Crippen LogP contribution is -2.62. The lowest BCUT2D eigenvalue weighted by molar-refractivity contribution is -0.149. The Bertz CT molecular complexity index is 324. The summed E-state index contributed by atoms with van der Waals surface area (Å²) in [5.41, 5.74) is 0. The van der Waals surface area contributed by atoms with E-state index in [1.165, 1.54) is 25.7 Å². The maximum Gasteiger partial charge on any atom is 0.245 e. The molecule has 2 fully saturated rings. The molecule has 18 heavy (non-hydrogen) atoms. The highest BCUT2D eigenvalue weighted by Gasteiger charge is 2.37. The molecule has 2 unspecified atom stereocenters. The van der Waals surface area contributed by atoms with E-state index in [-0.39, 0.29) is 23.9 Å². The van der Waals surface area contributed by atoms with Crippen LogP contribution in [0, 0.1) is 5.92 Å². The summed E-state index contributed by atoms with van der Waals surface area (Å²) in [5.74, 6) is 0.853. The highest BCUT2D eigenvalue weighted by atomic mass is 16.2. The third-order valence-corrected chi connectivity index (χ3v) is 4.33. The first kappa shape index (κ1) is 13.4. The van der Waals surface area contributed by atoms with Crippen molar-refractivity contribution in [3.05, 3.63) is 0 Å². The quantitative estimate of drug-likeness (QED) is 0.827. The molecule has 0 radical (unpaired) electrons. The molecular formula is C14H24N2O2. The highest BCUT2D eigenvalue weighted by Crippen LogP contribution is 2.28. The Kier molecular flexibility index (Phi) is 4.25. The van der Waals surface area contributed by atoms with E-state index in [9.17, 15) is 9.59 Å². The van der Waals surface area contributed by atoms with E-state index in [0.29, 0.717) is 6.42 Å². The average molecular weight is 252 g/mol. The standard InChI is InChI=1S/C14H24N2O2/c1-3-12-13(17)15-10(2)14(18)16(12)9-8-11-6-4-5-7-11/h10-12H,3-9H2,1-2H3,(H,15,17). The molecular weight excluding hydrogens is 228 g/mol. The van der Waals surface area contributed by atoms with Crippen molar-refractivity contribution in [3.63, 3.8) is 0 Å². The van der Waals surface area contributed by atoms with Gasteiger partial charge < -0.3 is 10.2 Å². The van der Waals surface area contributed by atoms with Crippen LogP contribution >= 0.6 is 0 Å². The molecule has 0 spiro atoms. The van der Waals surface area contributed by atoms with Gasteiger partial charge in [-0.25, -0.2) is 0 Å². The van der Waals surface area contributed by atoms with Crippen molar-refractivity contribution in [1.82, 2.24) is 10.2 Å². The zero-order chi connectivity index (χ0) is 13.1. The Labute approximate surface area is 109 Å². The van der Waals surface area contributed by atoms with Crippen LogP contribution in [0.4, 0.5) is 0 Å². The van der Waals surface area contributed by atoms with Gasteiger partial charge in [-0.3, -0.25) is 9.59 Å². The Morgan fingerprint density at radius 3 is 2.56 bits per heavy atom. The summed E-state index contributed by atoms with van der Waals surface area (Å²) in [4.78, 5) is 25.8. The maximum absolute atomic E-state index is 12.2. The second-order valence-electron chi connectivity index (χ2n) is 5.63. The summed E-state index contributed by atoms with van der Waals surface area (Å²) in [7, 11) is 0. The summed E-state index contributed by atoms with van der Waals surface area (Å²) in [6, 6.07) is -0.612. The molecule has 2 amide bonds. The van der Waals surface area contributed by atoms with Crippen LogP contribution in [0.25, 0.3) is 0 Å². The van der Waals surface area contributed by atoms with Crippen LogP contribution < -0.4 is 5.32 Å². The van der Waals surface area contributed by atoms with Gasteiger partial charge in [0.05, 0.1) is 0 Å². The molecule has 0 aromatic heterocycles. The van der Waals surface area contributed by atoms with E-state index in [4.69, 9.17) is 0 Å². The predicted molar refractivity (Wildman–Crippen MR) is 70.0 cm³/mol. The minimum Gasteiger partial charge on any atom is -0.343 e. The van der Waals surface area contributed by atoms with Gasteiger partial charge in [0.15, 0.2) is 0 Å². The van der Waals surface area contributed by atoms with Gasteiger partial charge in [0.1, 0.15) is 12.1 Å². The van der Waals surface area contributed by atoms with Crippen molar-refractivity contribution in [2.24, 2.45) is 5.92 Å². The van der Waals surface area contributed by atoms with E-state index in [0.717, 1.165) is 18.9 Å². The van der Waals surface area contributed by atoms with Gasteiger partial charge in [0, 0.05) is 6.54 Å². The molecule has 1 saturated carbocycles. The number of nitrogens with one attached hydrogen (secondary N) is 1. The molecule has 1 heterocycles. The van der Waals surface area contributed by atoms with Gasteiger partial charge in [0.2, 0.25) is 11.8 Å². The van der Waals surface area contributed by atoms with Gasteiger partial charge in [-0.15, -0.1) is 0 Å². The third kappa shape index (κ3) is 2.68. The van der Waals surface area contributed by atoms with Crippen molar-refractivity contribution in [2.75, 3.05) is 6.54 Å². The lowest BCUT2D eigenvalue weighted by Gasteiger charge is -2.38. The van der Waals surface area contributed by atoms with Gasteiger partial charge in [-0.2, -0.15) is 0 Å². The molecule has 2 rings (SSSR count). The summed E-state index contributed by atoms with van der Waals surface area (Å²) >= 11 is 0. The van der Waals surface area contributed by atoms with E-state index >= 15 is 0 Å². The lowest BCUT2D eigenvalue weighted by atomic mass is 10.0. The van der Waals surface area contributed by atoms with Crippen molar-refractivity contribution in [2.45, 2.75) is 64.5 Å². The molecule has 0 aromatic carbocycles. The molecule has 4 nitrogen and oxygen atoms in total. The first-order chi connectivity index (χ1) is 8.63. The largest absolute Gasteiger partial charge is 0.343 e. The Morgan fingerprint density at radius 2 is 1.94 bits per heavy atom. The minimum atomic E-state index is -0.358. The smallest absolute Gasteiger partial charge is 0.245 e. The molecule has 2 atom stereocenters. The Morgan fingerprint density at radius 1 is 1.28 bits per heavy atom. The number of piperazine rings is 1. The molecule has 4 heteroatoms. The maximum atomic E-state index is 12.2. The first-order valence-corrected chi connectivity index (χ1v) is 7.24. The van der Waals surface area contributed by atoms with Gasteiger partial charge in [-0.1, -0.05) is 32.6 Å². The van der Waals surface area contributed by atoms with Crippen LogP contribution in [0.5, 0.6) is 0 Å². The fraction of sp³-hybridized carbons (Fsp3) is 0.857. The summed E-state index contributed by atoms with van der Waals surface area (Å²) in [5, 5.41) is 2.76. The van der Waals surface area contributed by atoms with Gasteiger partial charge in [-0.05, 0) is 25.7 Å². The first-order valence-electron chi connectivity index (χ1n) is 7.24. The molecule has 2 aliphatic rings. The number of carbonyl (C=O) groups excluding carboxylic acids is 2. The zero-order valence-corrected chi connectivity index (χ0v) is 11.4. The van der Waals surface area contributed by atoms with Gasteiger partial charge >= 0.3 is 0 Å². The van der Waals surface area contributed by atoms with Crippen molar-refractivity contribution >= 4 is 11.8 Å².